The molecule has 0 aliphatic heterocycles. The summed E-state index contributed by atoms with van der Waals surface area (Å²) in [6.07, 6.45) is 0. The van der Waals surface area contributed by atoms with Gasteiger partial charge in [0.15, 0.2) is 0 Å². The SMILES string of the molecule is COC(=O)c1c(-c2ccc(C)cc2)csc1NC(=O)c1ccc(Br)cc1. The second-order valence-corrected chi connectivity index (χ2v) is 7.47. The first-order valence-electron chi connectivity index (χ1n) is 7.83. The van der Waals surface area contributed by atoms with Crippen molar-refractivity contribution in [1.82, 2.24) is 0 Å². The van der Waals surface area contributed by atoms with Crippen LogP contribution in [0.5, 0.6) is 0 Å². The molecule has 0 spiro atoms. The maximum absolute atomic E-state index is 12.5. The van der Waals surface area contributed by atoms with Gasteiger partial charge in [0.05, 0.1) is 7.11 Å². The number of thiophene rings is 1. The highest BCUT2D eigenvalue weighted by molar-refractivity contribution is 9.10. The number of methoxy groups -OCH3 is 1. The summed E-state index contributed by atoms with van der Waals surface area (Å²) in [4.78, 5) is 24.9. The lowest BCUT2D eigenvalue weighted by Gasteiger charge is -2.08. The Kier molecular flexibility index (Phi) is 5.54. The third kappa shape index (κ3) is 3.86. The summed E-state index contributed by atoms with van der Waals surface area (Å²) >= 11 is 4.65. The Morgan fingerprint density at radius 3 is 2.31 bits per heavy atom. The van der Waals surface area contributed by atoms with Crippen molar-refractivity contribution in [3.8, 4) is 11.1 Å². The summed E-state index contributed by atoms with van der Waals surface area (Å²) in [5.41, 5.74) is 3.65. The Morgan fingerprint density at radius 1 is 1.04 bits per heavy atom. The van der Waals surface area contributed by atoms with Crippen molar-refractivity contribution in [3.05, 3.63) is 75.1 Å². The molecule has 0 saturated carbocycles. The summed E-state index contributed by atoms with van der Waals surface area (Å²) in [6.45, 7) is 2.00. The van der Waals surface area contributed by atoms with Crippen LogP contribution in [0.4, 0.5) is 5.00 Å². The fourth-order valence-electron chi connectivity index (χ4n) is 2.48. The Labute approximate surface area is 163 Å². The van der Waals surface area contributed by atoms with Gasteiger partial charge in [0.2, 0.25) is 0 Å². The molecule has 1 amide bonds. The highest BCUT2D eigenvalue weighted by Crippen LogP contribution is 2.36. The highest BCUT2D eigenvalue weighted by Gasteiger charge is 2.22. The molecule has 0 radical (unpaired) electrons. The van der Waals surface area contributed by atoms with Crippen molar-refractivity contribution in [2.75, 3.05) is 12.4 Å². The lowest BCUT2D eigenvalue weighted by atomic mass is 10.0. The predicted octanol–water partition coefficient (Wildman–Crippen LogP) is 5.52. The van der Waals surface area contributed by atoms with Gasteiger partial charge >= 0.3 is 5.97 Å². The van der Waals surface area contributed by atoms with E-state index in [4.69, 9.17) is 4.74 Å². The molecule has 0 aliphatic carbocycles. The number of aryl methyl sites for hydroxylation is 1. The van der Waals surface area contributed by atoms with E-state index in [0.717, 1.165) is 21.2 Å². The van der Waals surface area contributed by atoms with Gasteiger partial charge in [-0.15, -0.1) is 11.3 Å². The van der Waals surface area contributed by atoms with Gasteiger partial charge in [0, 0.05) is 21.0 Å². The summed E-state index contributed by atoms with van der Waals surface area (Å²) in [6, 6.07) is 14.9. The van der Waals surface area contributed by atoms with Gasteiger partial charge in [-0.25, -0.2) is 4.79 Å². The quantitative estimate of drug-likeness (QED) is 0.555. The lowest BCUT2D eigenvalue weighted by molar-refractivity contribution is 0.0603. The zero-order valence-electron chi connectivity index (χ0n) is 14.2. The molecule has 1 N–H and O–H groups in total. The number of benzene rings is 2. The topological polar surface area (TPSA) is 55.4 Å². The van der Waals surface area contributed by atoms with Crippen LogP contribution in [0.25, 0.3) is 11.1 Å². The number of halogens is 1. The van der Waals surface area contributed by atoms with Crippen LogP contribution >= 0.6 is 27.3 Å². The maximum Gasteiger partial charge on any atom is 0.341 e. The van der Waals surface area contributed by atoms with Crippen LogP contribution in [0, 0.1) is 6.92 Å². The zero-order chi connectivity index (χ0) is 18.7. The number of hydrogen-bond acceptors (Lipinski definition) is 4. The van der Waals surface area contributed by atoms with Crippen LogP contribution in [0.3, 0.4) is 0 Å². The first-order valence-corrected chi connectivity index (χ1v) is 9.50. The molecule has 1 heterocycles. The number of hydrogen-bond donors (Lipinski definition) is 1. The first-order chi connectivity index (χ1) is 12.5. The van der Waals surface area contributed by atoms with Crippen LogP contribution in [0.15, 0.2) is 58.4 Å². The van der Waals surface area contributed by atoms with E-state index < -0.39 is 5.97 Å². The third-order valence-corrected chi connectivity index (χ3v) is 5.30. The summed E-state index contributed by atoms with van der Waals surface area (Å²) in [7, 11) is 1.33. The second-order valence-electron chi connectivity index (χ2n) is 5.67. The van der Waals surface area contributed by atoms with Crippen molar-refractivity contribution in [2.45, 2.75) is 6.92 Å². The number of amides is 1. The maximum atomic E-state index is 12.5. The van der Waals surface area contributed by atoms with E-state index in [-0.39, 0.29) is 5.91 Å². The van der Waals surface area contributed by atoms with Gasteiger partial charge in [0.25, 0.3) is 5.91 Å². The molecule has 0 fully saturated rings. The standard InChI is InChI=1S/C20H16BrNO3S/c1-12-3-5-13(6-4-12)16-11-26-19(17(16)20(24)25-2)22-18(23)14-7-9-15(21)10-8-14/h3-11H,1-2H3,(H,22,23). The number of esters is 1. The minimum Gasteiger partial charge on any atom is -0.465 e. The summed E-state index contributed by atoms with van der Waals surface area (Å²) in [5, 5.41) is 5.15. The number of ether oxygens (including phenoxy) is 1. The Hall–Kier alpha value is -2.44. The molecule has 0 atom stereocenters. The van der Waals surface area contributed by atoms with Crippen molar-refractivity contribution in [2.24, 2.45) is 0 Å². The molecule has 3 aromatic rings. The molecule has 0 bridgehead atoms. The van der Waals surface area contributed by atoms with Crippen molar-refractivity contribution in [3.63, 3.8) is 0 Å². The van der Waals surface area contributed by atoms with E-state index in [1.165, 1.54) is 18.4 Å². The van der Waals surface area contributed by atoms with E-state index in [1.807, 2.05) is 36.6 Å². The van der Waals surface area contributed by atoms with E-state index in [9.17, 15) is 9.59 Å². The minimum absolute atomic E-state index is 0.278. The van der Waals surface area contributed by atoms with Crippen molar-refractivity contribution in [1.29, 1.82) is 0 Å². The fraction of sp³-hybridized carbons (Fsp3) is 0.100. The summed E-state index contributed by atoms with van der Waals surface area (Å²) < 4.78 is 5.83. The van der Waals surface area contributed by atoms with Crippen LogP contribution in [0.1, 0.15) is 26.3 Å². The van der Waals surface area contributed by atoms with Gasteiger partial charge in [0.1, 0.15) is 10.6 Å². The molecule has 0 saturated heterocycles. The average Bonchev–Trinajstić information content (AvgIpc) is 3.05. The molecule has 3 rings (SSSR count). The third-order valence-electron chi connectivity index (χ3n) is 3.88. The van der Waals surface area contributed by atoms with Crippen molar-refractivity contribution < 1.29 is 14.3 Å². The molecule has 6 heteroatoms. The summed E-state index contributed by atoms with van der Waals surface area (Å²) in [5.74, 6) is -0.757. The Bertz CT molecular complexity index is 946. The molecule has 26 heavy (non-hydrogen) atoms. The molecule has 0 unspecified atom stereocenters. The number of rotatable bonds is 4. The molecule has 132 valence electrons. The highest BCUT2D eigenvalue weighted by atomic mass is 79.9. The van der Waals surface area contributed by atoms with Crippen LogP contribution in [-0.4, -0.2) is 19.0 Å². The van der Waals surface area contributed by atoms with Crippen molar-refractivity contribution >= 4 is 44.1 Å². The van der Waals surface area contributed by atoms with E-state index in [1.54, 1.807) is 24.3 Å². The molecule has 4 nitrogen and oxygen atoms in total. The smallest absolute Gasteiger partial charge is 0.341 e. The lowest BCUT2D eigenvalue weighted by Crippen LogP contribution is -2.14. The van der Waals surface area contributed by atoms with E-state index in [2.05, 4.69) is 21.2 Å². The fourth-order valence-corrected chi connectivity index (χ4v) is 3.69. The van der Waals surface area contributed by atoms with Crippen LogP contribution < -0.4 is 5.32 Å². The van der Waals surface area contributed by atoms with E-state index >= 15 is 0 Å². The second kappa shape index (κ2) is 7.85. The molecule has 1 aromatic heterocycles. The largest absolute Gasteiger partial charge is 0.465 e. The van der Waals surface area contributed by atoms with Gasteiger partial charge < -0.3 is 10.1 Å². The molecule has 2 aromatic carbocycles. The number of anilines is 1. The Balaban J connectivity index is 1.96. The molecule has 0 aliphatic rings. The van der Waals surface area contributed by atoms with Crippen LogP contribution in [-0.2, 0) is 4.74 Å². The minimum atomic E-state index is -0.479. The molecular formula is C20H16BrNO3S. The number of carbonyl (C=O) groups is 2. The van der Waals surface area contributed by atoms with Gasteiger partial charge in [-0.1, -0.05) is 45.8 Å². The predicted molar refractivity (Wildman–Crippen MR) is 108 cm³/mol. The number of nitrogens with one attached hydrogen (secondary N) is 1. The average molecular weight is 430 g/mol. The first kappa shape index (κ1) is 18.4. The van der Waals surface area contributed by atoms with Gasteiger partial charge in [-0.2, -0.15) is 0 Å². The molecular weight excluding hydrogens is 414 g/mol. The Morgan fingerprint density at radius 2 is 1.69 bits per heavy atom. The zero-order valence-corrected chi connectivity index (χ0v) is 16.6. The van der Waals surface area contributed by atoms with Gasteiger partial charge in [-0.05, 0) is 36.8 Å². The van der Waals surface area contributed by atoms with Gasteiger partial charge in [-0.3, -0.25) is 4.79 Å². The normalized spacial score (nSPS) is 10.4. The monoisotopic (exact) mass is 429 g/mol. The number of carbonyl (C=O) groups excluding carboxylic acids is 2. The van der Waals surface area contributed by atoms with Crippen LogP contribution in [0.2, 0.25) is 0 Å². The van der Waals surface area contributed by atoms with E-state index in [0.29, 0.717) is 16.1 Å².